The highest BCUT2D eigenvalue weighted by Crippen LogP contribution is 2.22. The van der Waals surface area contributed by atoms with Crippen LogP contribution in [0.4, 0.5) is 5.82 Å². The Balaban J connectivity index is 2.98. The highest BCUT2D eigenvalue weighted by atomic mass is 15.2. The van der Waals surface area contributed by atoms with Gasteiger partial charge in [-0.15, -0.1) is 0 Å². The topological polar surface area (TPSA) is 28.2 Å². The third kappa shape index (κ3) is 3.98. The smallest absolute Gasteiger partial charge is 0.133 e. The summed E-state index contributed by atoms with van der Waals surface area (Å²) in [6, 6.07) is 2.17. The zero-order valence-electron chi connectivity index (χ0n) is 12.5. The summed E-state index contributed by atoms with van der Waals surface area (Å²) >= 11 is 0. The molecule has 18 heavy (non-hydrogen) atoms. The maximum atomic E-state index is 4.73. The minimum atomic E-state index is 0.904. The largest absolute Gasteiger partial charge is 0.359 e. The van der Waals surface area contributed by atoms with Crippen LogP contribution in [0.3, 0.4) is 0 Å². The van der Waals surface area contributed by atoms with Gasteiger partial charge < -0.3 is 10.2 Å². The minimum absolute atomic E-state index is 0.904. The molecule has 0 unspecified atom stereocenters. The van der Waals surface area contributed by atoms with E-state index in [0.29, 0.717) is 0 Å². The van der Waals surface area contributed by atoms with Crippen LogP contribution in [-0.4, -0.2) is 25.1 Å². The van der Waals surface area contributed by atoms with E-state index >= 15 is 0 Å². The molecular formula is C15H27N3. The van der Waals surface area contributed by atoms with Crippen molar-refractivity contribution in [1.29, 1.82) is 0 Å². The second kappa shape index (κ2) is 7.37. The Morgan fingerprint density at radius 3 is 2.61 bits per heavy atom. The van der Waals surface area contributed by atoms with Crippen molar-refractivity contribution in [2.75, 3.05) is 25.0 Å². The first-order valence-electron chi connectivity index (χ1n) is 6.99. The third-order valence-electron chi connectivity index (χ3n) is 3.21. The zero-order valence-corrected chi connectivity index (χ0v) is 12.5. The van der Waals surface area contributed by atoms with Crippen molar-refractivity contribution in [2.45, 2.75) is 47.1 Å². The normalized spacial score (nSPS) is 10.7. The second-order valence-corrected chi connectivity index (χ2v) is 4.94. The monoisotopic (exact) mass is 249 g/mol. The SMILES string of the molecule is CCCCN(C)c1nc(C)cc(C)c1CNCC. The first-order valence-corrected chi connectivity index (χ1v) is 6.99. The van der Waals surface area contributed by atoms with Crippen LogP contribution in [0.5, 0.6) is 0 Å². The lowest BCUT2D eigenvalue weighted by molar-refractivity contribution is 0.707. The van der Waals surface area contributed by atoms with Crippen molar-refractivity contribution in [3.05, 3.63) is 22.9 Å². The fourth-order valence-corrected chi connectivity index (χ4v) is 2.13. The van der Waals surface area contributed by atoms with E-state index in [9.17, 15) is 0 Å². The summed E-state index contributed by atoms with van der Waals surface area (Å²) in [4.78, 5) is 7.01. The Morgan fingerprint density at radius 1 is 1.28 bits per heavy atom. The van der Waals surface area contributed by atoms with E-state index < -0.39 is 0 Å². The highest BCUT2D eigenvalue weighted by Gasteiger charge is 2.12. The quantitative estimate of drug-likeness (QED) is 0.805. The van der Waals surface area contributed by atoms with Gasteiger partial charge in [0.15, 0.2) is 0 Å². The molecule has 0 fully saturated rings. The predicted molar refractivity (Wildman–Crippen MR) is 79.3 cm³/mol. The lowest BCUT2D eigenvalue weighted by Gasteiger charge is -2.23. The molecule has 0 amide bonds. The van der Waals surface area contributed by atoms with E-state index in [1.807, 2.05) is 0 Å². The summed E-state index contributed by atoms with van der Waals surface area (Å²) in [6.45, 7) is 11.6. The van der Waals surface area contributed by atoms with Crippen molar-refractivity contribution < 1.29 is 0 Å². The van der Waals surface area contributed by atoms with Gasteiger partial charge in [0.1, 0.15) is 5.82 Å². The summed E-state index contributed by atoms with van der Waals surface area (Å²) in [7, 11) is 2.15. The molecule has 1 aromatic rings. The Kier molecular flexibility index (Phi) is 6.13. The Morgan fingerprint density at radius 2 is 2.00 bits per heavy atom. The molecule has 1 heterocycles. The lowest BCUT2D eigenvalue weighted by atomic mass is 10.1. The van der Waals surface area contributed by atoms with Gasteiger partial charge in [-0.25, -0.2) is 4.98 Å². The number of aromatic nitrogens is 1. The maximum absolute atomic E-state index is 4.73. The van der Waals surface area contributed by atoms with Crippen LogP contribution in [-0.2, 0) is 6.54 Å². The molecule has 0 aromatic carbocycles. The average molecular weight is 249 g/mol. The van der Waals surface area contributed by atoms with Crippen LogP contribution < -0.4 is 10.2 Å². The molecule has 1 rings (SSSR count). The van der Waals surface area contributed by atoms with Crippen LogP contribution in [0.15, 0.2) is 6.07 Å². The molecular weight excluding hydrogens is 222 g/mol. The molecule has 1 aromatic heterocycles. The Bertz CT molecular complexity index is 374. The summed E-state index contributed by atoms with van der Waals surface area (Å²) in [5.41, 5.74) is 3.77. The molecule has 0 saturated heterocycles. The number of aryl methyl sites for hydroxylation is 2. The predicted octanol–water partition coefficient (Wildman–Crippen LogP) is 3.04. The van der Waals surface area contributed by atoms with Crippen molar-refractivity contribution in [3.63, 3.8) is 0 Å². The van der Waals surface area contributed by atoms with Gasteiger partial charge in [0, 0.05) is 31.4 Å². The number of nitrogens with zero attached hydrogens (tertiary/aromatic N) is 2. The van der Waals surface area contributed by atoms with Gasteiger partial charge in [-0.2, -0.15) is 0 Å². The average Bonchev–Trinajstić information content (AvgIpc) is 2.34. The lowest BCUT2D eigenvalue weighted by Crippen LogP contribution is -2.24. The third-order valence-corrected chi connectivity index (χ3v) is 3.21. The number of hydrogen-bond acceptors (Lipinski definition) is 3. The number of unbranched alkanes of at least 4 members (excludes halogenated alkanes) is 1. The molecule has 3 heteroatoms. The first kappa shape index (κ1) is 15.0. The van der Waals surface area contributed by atoms with Gasteiger partial charge in [-0.1, -0.05) is 20.3 Å². The van der Waals surface area contributed by atoms with E-state index in [1.165, 1.54) is 24.0 Å². The first-order chi connectivity index (χ1) is 8.60. The summed E-state index contributed by atoms with van der Waals surface area (Å²) in [5.74, 6) is 1.14. The van der Waals surface area contributed by atoms with Crippen LogP contribution in [0.2, 0.25) is 0 Å². The molecule has 0 radical (unpaired) electrons. The molecule has 0 bridgehead atoms. The standard InChI is InChI=1S/C15H27N3/c1-6-8-9-18(5)15-14(11-16-7-2)12(3)10-13(4)17-15/h10,16H,6-9,11H2,1-5H3. The summed E-state index contributed by atoms with van der Waals surface area (Å²) < 4.78 is 0. The highest BCUT2D eigenvalue weighted by molar-refractivity contribution is 5.51. The van der Waals surface area contributed by atoms with Gasteiger partial charge in [-0.05, 0) is 38.4 Å². The second-order valence-electron chi connectivity index (χ2n) is 4.94. The van der Waals surface area contributed by atoms with E-state index in [4.69, 9.17) is 4.98 Å². The van der Waals surface area contributed by atoms with Gasteiger partial charge in [0.05, 0.1) is 0 Å². The van der Waals surface area contributed by atoms with Gasteiger partial charge in [0.25, 0.3) is 0 Å². The van der Waals surface area contributed by atoms with Crippen molar-refractivity contribution in [2.24, 2.45) is 0 Å². The fraction of sp³-hybridized carbons (Fsp3) is 0.667. The molecule has 0 saturated carbocycles. The summed E-state index contributed by atoms with van der Waals surface area (Å²) in [5, 5.41) is 3.41. The minimum Gasteiger partial charge on any atom is -0.359 e. The van der Waals surface area contributed by atoms with Crippen molar-refractivity contribution in [1.82, 2.24) is 10.3 Å². The zero-order chi connectivity index (χ0) is 13.5. The Hall–Kier alpha value is -1.09. The van der Waals surface area contributed by atoms with Crippen molar-refractivity contribution >= 4 is 5.82 Å². The molecule has 3 nitrogen and oxygen atoms in total. The van der Waals surface area contributed by atoms with E-state index in [1.54, 1.807) is 0 Å². The molecule has 0 aliphatic rings. The van der Waals surface area contributed by atoms with Crippen LogP contribution in [0.25, 0.3) is 0 Å². The molecule has 1 N–H and O–H groups in total. The van der Waals surface area contributed by atoms with Gasteiger partial charge in [-0.3, -0.25) is 0 Å². The van der Waals surface area contributed by atoms with E-state index in [-0.39, 0.29) is 0 Å². The van der Waals surface area contributed by atoms with E-state index in [2.05, 4.69) is 51.0 Å². The molecule has 0 aliphatic heterocycles. The number of hydrogen-bond donors (Lipinski definition) is 1. The van der Waals surface area contributed by atoms with Crippen molar-refractivity contribution in [3.8, 4) is 0 Å². The number of pyridine rings is 1. The van der Waals surface area contributed by atoms with Gasteiger partial charge >= 0.3 is 0 Å². The Labute approximate surface area is 112 Å². The number of nitrogens with one attached hydrogen (secondary N) is 1. The number of rotatable bonds is 7. The number of anilines is 1. The van der Waals surface area contributed by atoms with Crippen LogP contribution in [0.1, 0.15) is 43.5 Å². The molecule has 102 valence electrons. The van der Waals surface area contributed by atoms with E-state index in [0.717, 1.165) is 31.1 Å². The molecule has 0 atom stereocenters. The van der Waals surface area contributed by atoms with Crippen LogP contribution in [0, 0.1) is 13.8 Å². The van der Waals surface area contributed by atoms with Crippen LogP contribution >= 0.6 is 0 Å². The summed E-state index contributed by atoms with van der Waals surface area (Å²) in [6.07, 6.45) is 2.43. The maximum Gasteiger partial charge on any atom is 0.133 e. The molecule has 0 aliphatic carbocycles. The molecule has 0 spiro atoms. The van der Waals surface area contributed by atoms with Gasteiger partial charge in [0.2, 0.25) is 0 Å². The fourth-order valence-electron chi connectivity index (χ4n) is 2.13.